The molecule has 0 saturated heterocycles. The number of pyridine rings is 1. The van der Waals surface area contributed by atoms with Crippen molar-refractivity contribution in [3.05, 3.63) is 58.8 Å². The summed E-state index contributed by atoms with van der Waals surface area (Å²) < 4.78 is 10.6. The number of fused-ring (bicyclic) bond motifs is 2. The van der Waals surface area contributed by atoms with Gasteiger partial charge in [0.2, 0.25) is 6.79 Å². The molecule has 0 aliphatic carbocycles. The molecule has 0 saturated carbocycles. The van der Waals surface area contributed by atoms with Crippen LogP contribution in [0.5, 0.6) is 11.5 Å². The molecule has 4 rings (SSSR count). The predicted octanol–water partition coefficient (Wildman–Crippen LogP) is 2.92. The Balaban J connectivity index is 1.98. The van der Waals surface area contributed by atoms with E-state index in [2.05, 4.69) is 4.98 Å². The molecule has 0 spiro atoms. The molecular formula is C16H11NO3. The molecule has 98 valence electrons. The summed E-state index contributed by atoms with van der Waals surface area (Å²) in [7, 11) is 0. The van der Waals surface area contributed by atoms with Crippen LogP contribution in [0.4, 0.5) is 0 Å². The third-order valence-electron chi connectivity index (χ3n) is 3.41. The average molecular weight is 265 g/mol. The molecule has 1 aliphatic rings. The Morgan fingerprint density at radius 3 is 2.50 bits per heavy atom. The number of nitrogens with one attached hydrogen (secondary N) is 1. The van der Waals surface area contributed by atoms with Crippen molar-refractivity contribution in [1.82, 2.24) is 4.98 Å². The van der Waals surface area contributed by atoms with E-state index in [1.807, 2.05) is 36.4 Å². The Labute approximate surface area is 114 Å². The minimum absolute atomic E-state index is 0.0316. The van der Waals surface area contributed by atoms with Crippen LogP contribution in [0.2, 0.25) is 0 Å². The first-order valence-electron chi connectivity index (χ1n) is 6.33. The van der Waals surface area contributed by atoms with Crippen LogP contribution in [-0.2, 0) is 0 Å². The summed E-state index contributed by atoms with van der Waals surface area (Å²) in [6.07, 6.45) is 0. The van der Waals surface area contributed by atoms with Crippen LogP contribution in [0.15, 0.2) is 53.3 Å². The highest BCUT2D eigenvalue weighted by atomic mass is 16.7. The maximum atomic E-state index is 12.3. The Kier molecular flexibility index (Phi) is 2.29. The molecule has 2 heterocycles. The zero-order chi connectivity index (χ0) is 13.5. The molecule has 0 bridgehead atoms. The van der Waals surface area contributed by atoms with E-state index in [1.165, 1.54) is 0 Å². The van der Waals surface area contributed by atoms with Gasteiger partial charge >= 0.3 is 0 Å². The van der Waals surface area contributed by atoms with Crippen molar-refractivity contribution in [1.29, 1.82) is 0 Å². The summed E-state index contributed by atoms with van der Waals surface area (Å²) in [5, 5.41) is 0.605. The smallest absolute Gasteiger partial charge is 0.231 e. The normalized spacial score (nSPS) is 12.8. The molecule has 4 nitrogen and oxygen atoms in total. The van der Waals surface area contributed by atoms with Crippen molar-refractivity contribution < 1.29 is 9.47 Å². The average Bonchev–Trinajstić information content (AvgIpc) is 2.93. The Bertz CT molecular complexity index is 853. The van der Waals surface area contributed by atoms with Gasteiger partial charge in [0.05, 0.1) is 5.52 Å². The molecule has 1 aromatic heterocycles. The number of aromatic nitrogens is 1. The summed E-state index contributed by atoms with van der Waals surface area (Å²) in [5.74, 6) is 1.29. The zero-order valence-corrected chi connectivity index (χ0v) is 10.6. The van der Waals surface area contributed by atoms with Gasteiger partial charge in [-0.05, 0) is 11.6 Å². The van der Waals surface area contributed by atoms with Gasteiger partial charge in [0.1, 0.15) is 0 Å². The topological polar surface area (TPSA) is 51.3 Å². The van der Waals surface area contributed by atoms with Gasteiger partial charge in [-0.1, -0.05) is 30.3 Å². The molecule has 1 N–H and O–H groups in total. The van der Waals surface area contributed by atoms with E-state index in [0.717, 1.165) is 16.8 Å². The van der Waals surface area contributed by atoms with Gasteiger partial charge in [0.25, 0.3) is 0 Å². The largest absolute Gasteiger partial charge is 0.454 e. The number of benzene rings is 2. The third kappa shape index (κ3) is 1.66. The lowest BCUT2D eigenvalue weighted by atomic mass is 10.1. The molecule has 1 aliphatic heterocycles. The molecule has 0 radical (unpaired) electrons. The summed E-state index contributed by atoms with van der Waals surface area (Å²) in [5.41, 5.74) is 2.49. The van der Waals surface area contributed by atoms with Gasteiger partial charge in [0.15, 0.2) is 16.9 Å². The number of aromatic amines is 1. The fourth-order valence-electron chi connectivity index (χ4n) is 2.41. The molecular weight excluding hydrogens is 254 g/mol. The summed E-state index contributed by atoms with van der Waals surface area (Å²) in [6.45, 7) is 0.200. The molecule has 0 fully saturated rings. The van der Waals surface area contributed by atoms with Crippen LogP contribution in [0, 0.1) is 0 Å². The molecule has 0 unspecified atom stereocenters. The van der Waals surface area contributed by atoms with Crippen LogP contribution in [0.25, 0.3) is 22.2 Å². The summed E-state index contributed by atoms with van der Waals surface area (Å²) in [4.78, 5) is 15.5. The fourth-order valence-corrected chi connectivity index (χ4v) is 2.41. The lowest BCUT2D eigenvalue weighted by Gasteiger charge is -2.05. The maximum absolute atomic E-state index is 12.3. The molecule has 0 atom stereocenters. The van der Waals surface area contributed by atoms with Crippen molar-refractivity contribution in [2.75, 3.05) is 6.79 Å². The lowest BCUT2D eigenvalue weighted by molar-refractivity contribution is 0.174. The van der Waals surface area contributed by atoms with Gasteiger partial charge in [0, 0.05) is 23.2 Å². The number of rotatable bonds is 1. The number of ether oxygens (including phenoxy) is 2. The SMILES string of the molecule is O=c1cc(-c2ccccc2)[nH]c2cc3c(cc12)OCO3. The molecule has 4 heteroatoms. The van der Waals surface area contributed by atoms with E-state index < -0.39 is 0 Å². The van der Waals surface area contributed by atoms with Crippen molar-refractivity contribution in [2.24, 2.45) is 0 Å². The van der Waals surface area contributed by atoms with Crippen molar-refractivity contribution in [2.45, 2.75) is 0 Å². The number of hydrogen-bond acceptors (Lipinski definition) is 3. The first-order chi connectivity index (χ1) is 9.81. The van der Waals surface area contributed by atoms with Crippen LogP contribution >= 0.6 is 0 Å². The van der Waals surface area contributed by atoms with Crippen molar-refractivity contribution >= 4 is 10.9 Å². The highest BCUT2D eigenvalue weighted by Gasteiger charge is 2.16. The van der Waals surface area contributed by atoms with Gasteiger partial charge in [-0.2, -0.15) is 0 Å². The van der Waals surface area contributed by atoms with Gasteiger partial charge < -0.3 is 14.5 Å². The molecule has 0 amide bonds. The van der Waals surface area contributed by atoms with Crippen molar-refractivity contribution in [3.63, 3.8) is 0 Å². The van der Waals surface area contributed by atoms with Gasteiger partial charge in [-0.3, -0.25) is 4.79 Å². The zero-order valence-electron chi connectivity index (χ0n) is 10.6. The van der Waals surface area contributed by atoms with E-state index in [1.54, 1.807) is 12.1 Å². The minimum Gasteiger partial charge on any atom is -0.454 e. The second-order valence-corrected chi connectivity index (χ2v) is 4.66. The molecule has 20 heavy (non-hydrogen) atoms. The lowest BCUT2D eigenvalue weighted by Crippen LogP contribution is -2.02. The quantitative estimate of drug-likeness (QED) is 0.736. The number of H-pyrrole nitrogens is 1. The second kappa shape index (κ2) is 4.13. The second-order valence-electron chi connectivity index (χ2n) is 4.66. The summed E-state index contributed by atoms with van der Waals surface area (Å²) >= 11 is 0. The van der Waals surface area contributed by atoms with E-state index in [9.17, 15) is 4.79 Å². The van der Waals surface area contributed by atoms with Gasteiger partial charge in [-0.25, -0.2) is 0 Å². The summed E-state index contributed by atoms with van der Waals surface area (Å²) in [6, 6.07) is 14.9. The highest BCUT2D eigenvalue weighted by Crippen LogP contribution is 2.34. The van der Waals surface area contributed by atoms with Gasteiger partial charge in [-0.15, -0.1) is 0 Å². The third-order valence-corrected chi connectivity index (χ3v) is 3.41. The first kappa shape index (κ1) is 11.1. The Morgan fingerprint density at radius 1 is 0.950 bits per heavy atom. The van der Waals surface area contributed by atoms with E-state index in [4.69, 9.17) is 9.47 Å². The van der Waals surface area contributed by atoms with Crippen molar-refractivity contribution in [3.8, 4) is 22.8 Å². The Hall–Kier alpha value is -2.75. The first-order valence-corrected chi connectivity index (χ1v) is 6.33. The fraction of sp³-hybridized carbons (Fsp3) is 0.0625. The monoisotopic (exact) mass is 265 g/mol. The van der Waals surface area contributed by atoms with E-state index in [-0.39, 0.29) is 12.2 Å². The van der Waals surface area contributed by atoms with E-state index in [0.29, 0.717) is 16.9 Å². The van der Waals surface area contributed by atoms with Crippen LogP contribution in [0.3, 0.4) is 0 Å². The Morgan fingerprint density at radius 2 is 1.70 bits per heavy atom. The van der Waals surface area contributed by atoms with Crippen LogP contribution in [0.1, 0.15) is 0 Å². The standard InChI is InChI=1S/C16H11NO3/c18-14-7-12(10-4-2-1-3-5-10)17-13-8-16-15(6-11(13)14)19-9-20-16/h1-8H,9H2,(H,17,18). The van der Waals surface area contributed by atoms with Crippen LogP contribution in [-0.4, -0.2) is 11.8 Å². The highest BCUT2D eigenvalue weighted by molar-refractivity contribution is 5.85. The molecule has 3 aromatic rings. The molecule has 2 aromatic carbocycles. The maximum Gasteiger partial charge on any atom is 0.231 e. The number of hydrogen-bond donors (Lipinski definition) is 1. The van der Waals surface area contributed by atoms with E-state index >= 15 is 0 Å². The predicted molar refractivity (Wildman–Crippen MR) is 76.1 cm³/mol. The minimum atomic E-state index is -0.0316. The van der Waals surface area contributed by atoms with Crippen LogP contribution < -0.4 is 14.9 Å².